The number of alkyl halides is 4. The van der Waals surface area contributed by atoms with Gasteiger partial charge in [-0.15, -0.1) is 0 Å². The number of benzene rings is 1. The van der Waals surface area contributed by atoms with Crippen molar-refractivity contribution in [2.24, 2.45) is 0 Å². The van der Waals surface area contributed by atoms with E-state index in [9.17, 15) is 13.2 Å². The van der Waals surface area contributed by atoms with E-state index >= 15 is 0 Å². The fraction of sp³-hybridized carbons (Fsp3) is 0.250. The molecule has 0 fully saturated rings. The van der Waals surface area contributed by atoms with Gasteiger partial charge in [0.15, 0.2) is 0 Å². The lowest BCUT2D eigenvalue weighted by Crippen LogP contribution is -2.32. The van der Waals surface area contributed by atoms with Crippen LogP contribution in [0, 0.1) is 0 Å². The molecular formula is C8H5Br2F3O2. The second-order valence-electron chi connectivity index (χ2n) is 2.58. The van der Waals surface area contributed by atoms with Crippen LogP contribution in [0.25, 0.3) is 0 Å². The molecule has 0 spiro atoms. The van der Waals surface area contributed by atoms with Crippen LogP contribution in [0.2, 0.25) is 0 Å². The van der Waals surface area contributed by atoms with Crippen molar-refractivity contribution in [2.75, 3.05) is 0 Å². The lowest BCUT2D eigenvalue weighted by Gasteiger charge is -2.18. The monoisotopic (exact) mass is 348 g/mol. The molecule has 1 N–H and O–H groups in total. The van der Waals surface area contributed by atoms with Crippen LogP contribution in [-0.4, -0.2) is 16.3 Å². The predicted molar refractivity (Wildman–Crippen MR) is 55.2 cm³/mol. The number of aromatic hydroxyl groups is 1. The van der Waals surface area contributed by atoms with Gasteiger partial charge in [-0.25, -0.2) is 4.39 Å². The summed E-state index contributed by atoms with van der Waals surface area (Å²) in [5.74, 6) is -0.381. The Kier molecular flexibility index (Phi) is 3.88. The highest BCUT2D eigenvalue weighted by atomic mass is 79.9. The summed E-state index contributed by atoms with van der Waals surface area (Å²) in [5.41, 5.74) is 0. The first kappa shape index (κ1) is 12.6. The molecule has 0 aromatic heterocycles. The molecule has 1 unspecified atom stereocenters. The van der Waals surface area contributed by atoms with E-state index in [1.165, 1.54) is 0 Å². The first-order chi connectivity index (χ1) is 6.83. The summed E-state index contributed by atoms with van der Waals surface area (Å²) in [5, 5.41) is 6.48. The topological polar surface area (TPSA) is 29.5 Å². The third kappa shape index (κ3) is 3.27. The summed E-state index contributed by atoms with van der Waals surface area (Å²) in [6.45, 7) is 0. The van der Waals surface area contributed by atoms with E-state index in [1.807, 2.05) is 0 Å². The van der Waals surface area contributed by atoms with E-state index in [0.29, 0.717) is 0 Å². The first-order valence-corrected chi connectivity index (χ1v) is 5.37. The standard InChI is InChI=1S/C8H5Br2F3O2/c9-5-3-4(1-2-6(5)14)15-8(12,13)7(10)11/h1-3,7,14H. The molecular weight excluding hydrogens is 345 g/mol. The Morgan fingerprint density at radius 2 is 2.00 bits per heavy atom. The Labute approximate surface area is 100 Å². The van der Waals surface area contributed by atoms with E-state index in [0.717, 1.165) is 18.2 Å². The van der Waals surface area contributed by atoms with E-state index in [1.54, 1.807) is 0 Å². The minimum atomic E-state index is -3.96. The van der Waals surface area contributed by atoms with E-state index in [4.69, 9.17) is 5.11 Å². The summed E-state index contributed by atoms with van der Waals surface area (Å²) in [7, 11) is 0. The molecule has 1 aromatic carbocycles. The molecule has 2 nitrogen and oxygen atoms in total. The molecule has 0 aliphatic carbocycles. The average molecular weight is 350 g/mol. The van der Waals surface area contributed by atoms with Crippen molar-refractivity contribution in [2.45, 2.75) is 11.2 Å². The number of rotatable bonds is 3. The Bertz CT molecular complexity index is 358. The molecule has 7 heteroatoms. The van der Waals surface area contributed by atoms with Gasteiger partial charge in [-0.3, -0.25) is 0 Å². The summed E-state index contributed by atoms with van der Waals surface area (Å²) in [6.07, 6.45) is -3.96. The maximum atomic E-state index is 12.7. The second-order valence-corrected chi connectivity index (χ2v) is 4.24. The molecule has 15 heavy (non-hydrogen) atoms. The van der Waals surface area contributed by atoms with Crippen LogP contribution in [0.5, 0.6) is 11.5 Å². The smallest absolute Gasteiger partial charge is 0.440 e. The van der Waals surface area contributed by atoms with E-state index in [2.05, 4.69) is 36.6 Å². The maximum Gasteiger partial charge on any atom is 0.440 e. The first-order valence-electron chi connectivity index (χ1n) is 3.66. The molecule has 1 atom stereocenters. The number of hydrogen-bond donors (Lipinski definition) is 1. The Morgan fingerprint density at radius 3 is 2.47 bits per heavy atom. The zero-order valence-electron chi connectivity index (χ0n) is 7.05. The maximum absolute atomic E-state index is 12.7. The van der Waals surface area contributed by atoms with Gasteiger partial charge < -0.3 is 9.84 Å². The molecule has 0 saturated heterocycles. The molecule has 0 radical (unpaired) electrons. The quantitative estimate of drug-likeness (QED) is 0.841. The third-order valence-electron chi connectivity index (χ3n) is 1.43. The van der Waals surface area contributed by atoms with Crippen LogP contribution < -0.4 is 4.74 Å². The molecule has 0 saturated carbocycles. The molecule has 1 aromatic rings. The van der Waals surface area contributed by atoms with Gasteiger partial charge in [0.25, 0.3) is 5.08 Å². The summed E-state index contributed by atoms with van der Waals surface area (Å²) >= 11 is 4.99. The number of halogens is 5. The van der Waals surface area contributed by atoms with Crippen molar-refractivity contribution >= 4 is 31.9 Å². The minimum absolute atomic E-state index is 0.124. The van der Waals surface area contributed by atoms with Crippen molar-refractivity contribution < 1.29 is 23.0 Å². The summed E-state index contributed by atoms with van der Waals surface area (Å²) < 4.78 is 42.1. The predicted octanol–water partition coefficient (Wildman–Crippen LogP) is 3.82. The van der Waals surface area contributed by atoms with Crippen LogP contribution >= 0.6 is 31.9 Å². The van der Waals surface area contributed by atoms with Crippen molar-refractivity contribution in [1.82, 2.24) is 0 Å². The van der Waals surface area contributed by atoms with Gasteiger partial charge in [0.1, 0.15) is 11.5 Å². The molecule has 84 valence electrons. The van der Waals surface area contributed by atoms with Crippen molar-refractivity contribution in [1.29, 1.82) is 0 Å². The zero-order chi connectivity index (χ0) is 11.6. The van der Waals surface area contributed by atoms with E-state index < -0.39 is 11.2 Å². The molecule has 1 rings (SSSR count). The van der Waals surface area contributed by atoms with Crippen molar-refractivity contribution in [3.8, 4) is 11.5 Å². The number of phenolic OH excluding ortho intramolecular Hbond substituents is 1. The largest absolute Gasteiger partial charge is 0.507 e. The highest BCUT2D eigenvalue weighted by Crippen LogP contribution is 2.33. The van der Waals surface area contributed by atoms with Gasteiger partial charge in [0.2, 0.25) is 0 Å². The zero-order valence-corrected chi connectivity index (χ0v) is 10.2. The van der Waals surface area contributed by atoms with Gasteiger partial charge in [0, 0.05) is 0 Å². The molecule has 0 bridgehead atoms. The Morgan fingerprint density at radius 1 is 1.40 bits per heavy atom. The number of hydrogen-bond acceptors (Lipinski definition) is 2. The van der Waals surface area contributed by atoms with Gasteiger partial charge in [-0.2, -0.15) is 8.78 Å². The van der Waals surface area contributed by atoms with Crippen molar-refractivity contribution in [3.05, 3.63) is 22.7 Å². The molecule has 0 aliphatic heterocycles. The molecule has 0 amide bonds. The van der Waals surface area contributed by atoms with Crippen LogP contribution in [0.4, 0.5) is 13.2 Å². The summed E-state index contributed by atoms with van der Waals surface area (Å²) in [4.78, 5) is 0. The Balaban J connectivity index is 2.86. The van der Waals surface area contributed by atoms with Gasteiger partial charge in [-0.1, -0.05) is 0 Å². The molecule has 0 aliphatic rings. The highest BCUT2D eigenvalue weighted by molar-refractivity contribution is 9.10. The highest BCUT2D eigenvalue weighted by Gasteiger charge is 2.41. The van der Waals surface area contributed by atoms with Gasteiger partial charge in [0.05, 0.1) is 4.47 Å². The number of ether oxygens (including phenoxy) is 1. The SMILES string of the molecule is Oc1ccc(OC(F)(F)C(F)Br)cc1Br. The minimum Gasteiger partial charge on any atom is -0.507 e. The summed E-state index contributed by atoms with van der Waals surface area (Å²) in [6, 6.07) is 3.36. The van der Waals surface area contributed by atoms with Crippen molar-refractivity contribution in [3.63, 3.8) is 0 Å². The molecule has 0 heterocycles. The van der Waals surface area contributed by atoms with Gasteiger partial charge in [-0.05, 0) is 50.1 Å². The normalized spacial score (nSPS) is 13.7. The Hall–Kier alpha value is -0.430. The number of phenols is 1. The van der Waals surface area contributed by atoms with Gasteiger partial charge >= 0.3 is 6.11 Å². The lowest BCUT2D eigenvalue weighted by molar-refractivity contribution is -0.195. The van der Waals surface area contributed by atoms with E-state index in [-0.39, 0.29) is 16.0 Å². The fourth-order valence-corrected chi connectivity index (χ4v) is 1.20. The average Bonchev–Trinajstić information content (AvgIpc) is 2.10. The van der Waals surface area contributed by atoms with Crippen LogP contribution in [0.3, 0.4) is 0 Å². The van der Waals surface area contributed by atoms with Crippen LogP contribution in [0.15, 0.2) is 22.7 Å². The van der Waals surface area contributed by atoms with Crippen LogP contribution in [-0.2, 0) is 0 Å². The van der Waals surface area contributed by atoms with Crippen LogP contribution in [0.1, 0.15) is 0 Å². The fourth-order valence-electron chi connectivity index (χ4n) is 0.753. The second kappa shape index (κ2) is 4.61. The lowest BCUT2D eigenvalue weighted by atomic mass is 10.3. The third-order valence-corrected chi connectivity index (χ3v) is 2.60.